The van der Waals surface area contributed by atoms with Crippen LogP contribution in [0.4, 0.5) is 0 Å². The first kappa shape index (κ1) is 19.0. The van der Waals surface area contributed by atoms with E-state index in [1.54, 1.807) is 45.0 Å². The van der Waals surface area contributed by atoms with E-state index < -0.39 is 11.8 Å². The van der Waals surface area contributed by atoms with E-state index >= 15 is 0 Å². The number of ether oxygens (including phenoxy) is 2. The maximum Gasteiger partial charge on any atom is 0.340 e. The van der Waals surface area contributed by atoms with Crippen molar-refractivity contribution in [1.29, 1.82) is 5.26 Å². The van der Waals surface area contributed by atoms with Crippen molar-refractivity contribution in [3.63, 3.8) is 0 Å². The van der Waals surface area contributed by atoms with Crippen LogP contribution in [0.25, 0.3) is 6.08 Å². The van der Waals surface area contributed by atoms with Crippen molar-refractivity contribution in [3.05, 3.63) is 57.9 Å². The van der Waals surface area contributed by atoms with Crippen LogP contribution in [0.5, 0.6) is 5.75 Å². The Hall–Kier alpha value is -3.33. The Morgan fingerprint density at radius 2 is 1.85 bits per heavy atom. The number of benzene rings is 1. The van der Waals surface area contributed by atoms with Crippen molar-refractivity contribution < 1.29 is 19.1 Å². The van der Waals surface area contributed by atoms with E-state index in [1.165, 1.54) is 13.2 Å². The lowest BCUT2D eigenvalue weighted by Crippen LogP contribution is -2.13. The minimum Gasteiger partial charge on any atom is -0.496 e. The van der Waals surface area contributed by atoms with Gasteiger partial charge in [-0.15, -0.1) is 0 Å². The molecule has 0 aliphatic rings. The number of nitrogens with one attached hydrogen (secondary N) is 1. The summed E-state index contributed by atoms with van der Waals surface area (Å²) < 4.78 is 10.3. The maximum atomic E-state index is 13.0. The number of carbonyl (C=O) groups is 2. The molecule has 0 saturated heterocycles. The van der Waals surface area contributed by atoms with Crippen molar-refractivity contribution in [2.75, 3.05) is 13.7 Å². The fraction of sp³-hybridized carbons (Fsp3) is 0.250. The molecule has 0 aliphatic carbocycles. The number of esters is 1. The zero-order chi connectivity index (χ0) is 19.3. The summed E-state index contributed by atoms with van der Waals surface area (Å²) in [5, 5.41) is 9.51. The van der Waals surface area contributed by atoms with Crippen LogP contribution < -0.4 is 4.74 Å². The normalized spacial score (nSPS) is 11.0. The molecule has 26 heavy (non-hydrogen) atoms. The number of rotatable bonds is 6. The molecule has 2 rings (SSSR count). The van der Waals surface area contributed by atoms with Gasteiger partial charge in [0.25, 0.3) is 0 Å². The number of aryl methyl sites for hydroxylation is 2. The second-order valence-electron chi connectivity index (χ2n) is 5.59. The number of nitriles is 1. The highest BCUT2D eigenvalue weighted by Gasteiger charge is 2.27. The van der Waals surface area contributed by atoms with Gasteiger partial charge in [-0.2, -0.15) is 5.26 Å². The number of Topliss-reactive ketones (excluding diaryl/α,β-unsaturated/α-hetero) is 1. The molecule has 0 spiro atoms. The Kier molecular flexibility index (Phi) is 5.97. The van der Waals surface area contributed by atoms with Crippen LogP contribution in [-0.2, 0) is 4.74 Å². The Bertz CT molecular complexity index is 916. The van der Waals surface area contributed by atoms with Gasteiger partial charge < -0.3 is 14.5 Å². The molecule has 1 aromatic heterocycles. The summed E-state index contributed by atoms with van der Waals surface area (Å²) in [6.45, 7) is 5.25. The highest BCUT2D eigenvalue weighted by molar-refractivity contribution is 6.19. The van der Waals surface area contributed by atoms with Gasteiger partial charge in [-0.25, -0.2) is 4.79 Å². The Labute approximate surface area is 152 Å². The highest BCUT2D eigenvalue weighted by Crippen LogP contribution is 2.25. The number of para-hydroxylation sites is 1. The van der Waals surface area contributed by atoms with Gasteiger partial charge >= 0.3 is 5.97 Å². The number of carbonyl (C=O) groups excluding carboxylic acids is 2. The third kappa shape index (κ3) is 3.67. The summed E-state index contributed by atoms with van der Waals surface area (Å²) in [6.07, 6.45) is 1.46. The van der Waals surface area contributed by atoms with Gasteiger partial charge in [-0.1, -0.05) is 18.2 Å². The molecule has 134 valence electrons. The maximum absolute atomic E-state index is 13.0. The number of allylic oxidation sites excluding steroid dienone is 1. The third-order valence-electron chi connectivity index (χ3n) is 3.89. The second kappa shape index (κ2) is 8.17. The van der Waals surface area contributed by atoms with Crippen molar-refractivity contribution in [2.24, 2.45) is 0 Å². The molecule has 0 radical (unpaired) electrons. The Morgan fingerprint density at radius 1 is 1.19 bits per heavy atom. The molecular weight excluding hydrogens is 332 g/mol. The number of ketones is 1. The summed E-state index contributed by atoms with van der Waals surface area (Å²) in [6, 6.07) is 8.98. The number of aromatic amines is 1. The summed E-state index contributed by atoms with van der Waals surface area (Å²) in [5.74, 6) is -0.587. The first-order chi connectivity index (χ1) is 12.4. The van der Waals surface area contributed by atoms with Crippen LogP contribution in [0.1, 0.15) is 44.6 Å². The standard InChI is InChI=1S/C20H20N2O4/c1-5-26-20(24)18-13(3)22-12(2)17(18)19(23)15(11-21)10-14-8-6-7-9-16(14)25-4/h6-10,22H,5H2,1-4H3/b15-10+. The van der Waals surface area contributed by atoms with Gasteiger partial charge in [0.05, 0.1) is 24.8 Å². The number of hydrogen-bond acceptors (Lipinski definition) is 5. The average molecular weight is 352 g/mol. The molecule has 0 aliphatic heterocycles. The average Bonchev–Trinajstić information content (AvgIpc) is 2.93. The molecule has 0 unspecified atom stereocenters. The minimum atomic E-state index is -0.590. The summed E-state index contributed by atoms with van der Waals surface area (Å²) >= 11 is 0. The smallest absolute Gasteiger partial charge is 0.340 e. The number of methoxy groups -OCH3 is 1. The van der Waals surface area contributed by atoms with Crippen molar-refractivity contribution in [3.8, 4) is 11.8 Å². The molecule has 0 atom stereocenters. The first-order valence-electron chi connectivity index (χ1n) is 8.10. The number of nitrogens with zero attached hydrogens (tertiary/aromatic N) is 1. The predicted molar refractivity (Wildman–Crippen MR) is 97.1 cm³/mol. The van der Waals surface area contributed by atoms with Gasteiger partial charge in [0, 0.05) is 17.0 Å². The number of aromatic nitrogens is 1. The largest absolute Gasteiger partial charge is 0.496 e. The van der Waals surface area contributed by atoms with Gasteiger partial charge in [0.1, 0.15) is 17.4 Å². The molecule has 6 heteroatoms. The zero-order valence-corrected chi connectivity index (χ0v) is 15.2. The van der Waals surface area contributed by atoms with Crippen molar-refractivity contribution in [1.82, 2.24) is 4.98 Å². The van der Waals surface area contributed by atoms with Crippen molar-refractivity contribution in [2.45, 2.75) is 20.8 Å². The molecule has 1 heterocycles. The predicted octanol–water partition coefficient (Wildman–Crippen LogP) is 3.61. The lowest BCUT2D eigenvalue weighted by molar-refractivity contribution is 0.0523. The molecule has 1 N–H and O–H groups in total. The van der Waals surface area contributed by atoms with Gasteiger partial charge in [-0.3, -0.25) is 4.79 Å². The molecule has 6 nitrogen and oxygen atoms in total. The zero-order valence-electron chi connectivity index (χ0n) is 15.2. The number of hydrogen-bond donors (Lipinski definition) is 1. The SMILES string of the molecule is CCOC(=O)c1c(C)[nH]c(C)c1C(=O)/C(C#N)=C/c1ccccc1OC. The fourth-order valence-corrected chi connectivity index (χ4v) is 2.75. The van der Waals surface area contributed by atoms with Crippen LogP contribution in [0.2, 0.25) is 0 Å². The van der Waals surface area contributed by atoms with E-state index in [-0.39, 0.29) is 23.3 Å². The molecular formula is C20H20N2O4. The molecule has 0 amide bonds. The lowest BCUT2D eigenvalue weighted by Gasteiger charge is -2.07. The lowest BCUT2D eigenvalue weighted by atomic mass is 9.97. The summed E-state index contributed by atoms with van der Waals surface area (Å²) in [4.78, 5) is 28.2. The second-order valence-corrected chi connectivity index (χ2v) is 5.59. The van der Waals surface area contributed by atoms with Crippen LogP contribution in [-0.4, -0.2) is 30.5 Å². The molecule has 0 bridgehead atoms. The fourth-order valence-electron chi connectivity index (χ4n) is 2.75. The van der Waals surface area contributed by atoms with Gasteiger partial charge in [-0.05, 0) is 32.9 Å². The Balaban J connectivity index is 2.55. The minimum absolute atomic E-state index is 0.0952. The molecule has 0 fully saturated rings. The van der Waals surface area contributed by atoms with Crippen LogP contribution in [0, 0.1) is 25.2 Å². The molecule has 2 aromatic rings. The van der Waals surface area contributed by atoms with Crippen LogP contribution in [0.3, 0.4) is 0 Å². The van der Waals surface area contributed by atoms with E-state index in [0.717, 1.165) is 0 Å². The van der Waals surface area contributed by atoms with E-state index in [2.05, 4.69) is 4.98 Å². The molecule has 1 aromatic carbocycles. The first-order valence-corrected chi connectivity index (χ1v) is 8.10. The molecule has 0 saturated carbocycles. The highest BCUT2D eigenvalue weighted by atomic mass is 16.5. The van der Waals surface area contributed by atoms with Gasteiger partial charge in [0.2, 0.25) is 5.78 Å². The number of H-pyrrole nitrogens is 1. The van der Waals surface area contributed by atoms with Crippen molar-refractivity contribution >= 4 is 17.8 Å². The van der Waals surface area contributed by atoms with E-state index in [0.29, 0.717) is 22.7 Å². The van der Waals surface area contributed by atoms with Crippen LogP contribution in [0.15, 0.2) is 29.8 Å². The van der Waals surface area contributed by atoms with Crippen LogP contribution >= 0.6 is 0 Å². The van der Waals surface area contributed by atoms with Gasteiger partial charge in [0.15, 0.2) is 0 Å². The van der Waals surface area contributed by atoms with E-state index in [1.807, 2.05) is 6.07 Å². The quantitative estimate of drug-likeness (QED) is 0.371. The van der Waals surface area contributed by atoms with E-state index in [9.17, 15) is 14.9 Å². The monoisotopic (exact) mass is 352 g/mol. The third-order valence-corrected chi connectivity index (χ3v) is 3.89. The Morgan fingerprint density at radius 3 is 2.46 bits per heavy atom. The topological polar surface area (TPSA) is 92.2 Å². The van der Waals surface area contributed by atoms with E-state index in [4.69, 9.17) is 9.47 Å². The summed E-state index contributed by atoms with van der Waals surface area (Å²) in [7, 11) is 1.51. The summed E-state index contributed by atoms with van der Waals surface area (Å²) in [5.41, 5.74) is 1.86.